The Kier molecular flexibility index (Phi) is 7.86. The molecule has 1 aliphatic rings. The third-order valence-electron chi connectivity index (χ3n) is 7.59. The highest BCUT2D eigenvalue weighted by atomic mass is 35.5. The first-order valence-corrected chi connectivity index (χ1v) is 15.1. The predicted molar refractivity (Wildman–Crippen MR) is 158 cm³/mol. The molecule has 40 heavy (non-hydrogen) atoms. The van der Waals surface area contributed by atoms with E-state index >= 15 is 0 Å². The molecular weight excluding hydrogens is 544 g/mol. The number of sulfonamides is 1. The van der Waals surface area contributed by atoms with Gasteiger partial charge in [-0.15, -0.1) is 0 Å². The van der Waals surface area contributed by atoms with Crippen LogP contribution in [0, 0.1) is 0 Å². The Morgan fingerprint density at radius 2 is 1.88 bits per heavy atom. The summed E-state index contributed by atoms with van der Waals surface area (Å²) in [6.45, 7) is 4.44. The van der Waals surface area contributed by atoms with Crippen LogP contribution in [-0.2, 0) is 40.2 Å². The van der Waals surface area contributed by atoms with Gasteiger partial charge in [0.25, 0.3) is 0 Å². The third kappa shape index (κ3) is 5.99. The zero-order chi connectivity index (χ0) is 28.5. The van der Waals surface area contributed by atoms with Crippen molar-refractivity contribution in [3.63, 3.8) is 0 Å². The van der Waals surface area contributed by atoms with E-state index in [1.54, 1.807) is 23.2 Å². The molecule has 5 rings (SSSR count). The van der Waals surface area contributed by atoms with Crippen LogP contribution >= 0.6 is 11.6 Å². The number of hydrogen-bond donors (Lipinski definition) is 1. The van der Waals surface area contributed by atoms with E-state index in [0.717, 1.165) is 28.9 Å². The number of aryl methyl sites for hydroxylation is 2. The molecule has 0 aliphatic heterocycles. The van der Waals surface area contributed by atoms with E-state index in [0.29, 0.717) is 30.1 Å². The van der Waals surface area contributed by atoms with Crippen LogP contribution < -0.4 is 9.62 Å². The minimum absolute atomic E-state index is 0.0362. The molecule has 1 aliphatic carbocycles. The van der Waals surface area contributed by atoms with Crippen LogP contribution in [0.25, 0.3) is 0 Å². The molecule has 0 saturated carbocycles. The monoisotopic (exact) mass is 576 g/mol. The molecule has 0 radical (unpaired) electrons. The summed E-state index contributed by atoms with van der Waals surface area (Å²) < 4.78 is 31.1. The van der Waals surface area contributed by atoms with Gasteiger partial charge in [-0.2, -0.15) is 0 Å². The lowest BCUT2D eigenvalue weighted by Gasteiger charge is -2.30. The van der Waals surface area contributed by atoms with Crippen molar-refractivity contribution in [1.29, 1.82) is 0 Å². The molecule has 208 valence electrons. The molecule has 4 aromatic rings. The molecule has 1 N–H and O–H groups in total. The number of fused-ring (bicyclic) bond motifs is 1. The number of nitrogens with zero attached hydrogens (tertiary/aromatic N) is 3. The molecule has 0 bridgehead atoms. The number of rotatable bonds is 9. The van der Waals surface area contributed by atoms with Crippen molar-refractivity contribution in [2.24, 2.45) is 7.05 Å². The highest BCUT2D eigenvalue weighted by Gasteiger charge is 2.31. The first-order valence-electron chi connectivity index (χ1n) is 13.3. The van der Waals surface area contributed by atoms with Crippen molar-refractivity contribution in [3.8, 4) is 0 Å². The quantitative estimate of drug-likeness (QED) is 0.267. The van der Waals surface area contributed by atoms with Crippen LogP contribution in [0.3, 0.4) is 0 Å². The Morgan fingerprint density at radius 3 is 2.58 bits per heavy atom. The summed E-state index contributed by atoms with van der Waals surface area (Å²) >= 11 is 6.05. The van der Waals surface area contributed by atoms with Gasteiger partial charge in [-0.1, -0.05) is 67.9 Å². The fourth-order valence-electron chi connectivity index (χ4n) is 5.25. The molecule has 1 amide bonds. The van der Waals surface area contributed by atoms with E-state index < -0.39 is 16.1 Å². The zero-order valence-electron chi connectivity index (χ0n) is 22.8. The average molecular weight is 577 g/mol. The number of aromatic nitrogens is 2. The minimum atomic E-state index is -3.79. The van der Waals surface area contributed by atoms with E-state index in [2.05, 4.69) is 23.6 Å². The number of anilines is 1. The Bertz CT molecular complexity index is 1630. The van der Waals surface area contributed by atoms with Crippen LogP contribution in [-0.4, -0.2) is 23.9 Å². The summed E-state index contributed by atoms with van der Waals surface area (Å²) in [5.74, 6) is 0.718. The van der Waals surface area contributed by atoms with Gasteiger partial charge in [-0.25, -0.2) is 18.1 Å². The highest BCUT2D eigenvalue weighted by molar-refractivity contribution is 7.89. The van der Waals surface area contributed by atoms with Crippen molar-refractivity contribution in [1.82, 2.24) is 14.3 Å². The second-order valence-electron chi connectivity index (χ2n) is 10.9. The number of benzene rings is 3. The number of amides is 1. The molecule has 9 heteroatoms. The Hall–Kier alpha value is -3.46. The summed E-state index contributed by atoms with van der Waals surface area (Å²) in [4.78, 5) is 20.3. The Balaban J connectivity index is 1.46. The van der Waals surface area contributed by atoms with Crippen LogP contribution in [0.5, 0.6) is 0 Å². The highest BCUT2D eigenvalue weighted by Crippen LogP contribution is 2.37. The fraction of sp³-hybridized carbons (Fsp3) is 0.290. The van der Waals surface area contributed by atoms with E-state index in [1.807, 2.05) is 66.3 Å². The maximum atomic E-state index is 14.0. The summed E-state index contributed by atoms with van der Waals surface area (Å²) in [5, 5.41) is 0.360. The molecule has 7 nitrogen and oxygen atoms in total. The van der Waals surface area contributed by atoms with Gasteiger partial charge in [-0.05, 0) is 65.3 Å². The normalized spacial score (nSPS) is 15.2. The van der Waals surface area contributed by atoms with Gasteiger partial charge in [0.05, 0.1) is 11.4 Å². The molecule has 0 saturated heterocycles. The molecule has 1 heterocycles. The van der Waals surface area contributed by atoms with Crippen LogP contribution in [0.2, 0.25) is 5.02 Å². The number of hydrogen-bond acceptors (Lipinski definition) is 4. The van der Waals surface area contributed by atoms with Crippen molar-refractivity contribution < 1.29 is 13.2 Å². The summed E-state index contributed by atoms with van der Waals surface area (Å²) in [6, 6.07) is 21.7. The van der Waals surface area contributed by atoms with Crippen LogP contribution in [0.4, 0.5) is 5.69 Å². The summed E-state index contributed by atoms with van der Waals surface area (Å²) in [5.41, 5.74) is 3.36. The van der Waals surface area contributed by atoms with Crippen LogP contribution in [0.1, 0.15) is 55.2 Å². The van der Waals surface area contributed by atoms with E-state index in [4.69, 9.17) is 11.6 Å². The molecule has 1 atom stereocenters. The van der Waals surface area contributed by atoms with Crippen molar-refractivity contribution in [2.45, 2.75) is 56.0 Å². The maximum absolute atomic E-state index is 14.0. The topological polar surface area (TPSA) is 84.3 Å². The first-order chi connectivity index (χ1) is 19.0. The van der Waals surface area contributed by atoms with Gasteiger partial charge in [0, 0.05) is 42.6 Å². The van der Waals surface area contributed by atoms with Crippen molar-refractivity contribution in [2.75, 3.05) is 4.90 Å². The number of imidazole rings is 1. The lowest BCUT2D eigenvalue weighted by Crippen LogP contribution is -2.36. The SMILES string of the molecule is Cn1ccnc1CN(C(=O)CC(C)(C)c1ccccc1)c1ccc2c(c1)[C@H](NS(=O)(=O)c1cccc(Cl)c1)CC2. The Morgan fingerprint density at radius 1 is 1.10 bits per heavy atom. The number of carbonyl (C=O) groups is 1. The summed E-state index contributed by atoms with van der Waals surface area (Å²) in [6.07, 6.45) is 5.24. The summed E-state index contributed by atoms with van der Waals surface area (Å²) in [7, 11) is -1.88. The predicted octanol–water partition coefficient (Wildman–Crippen LogP) is 5.94. The van der Waals surface area contributed by atoms with Gasteiger partial charge in [-0.3, -0.25) is 4.79 Å². The van der Waals surface area contributed by atoms with Gasteiger partial charge in [0.15, 0.2) is 0 Å². The van der Waals surface area contributed by atoms with Gasteiger partial charge in [0.1, 0.15) is 5.82 Å². The van der Waals surface area contributed by atoms with E-state index in [-0.39, 0.29) is 16.2 Å². The molecule has 3 aromatic carbocycles. The second kappa shape index (κ2) is 11.2. The lowest BCUT2D eigenvalue weighted by atomic mass is 9.81. The minimum Gasteiger partial charge on any atom is -0.337 e. The third-order valence-corrected chi connectivity index (χ3v) is 9.30. The first kappa shape index (κ1) is 28.1. The smallest absolute Gasteiger partial charge is 0.241 e. The zero-order valence-corrected chi connectivity index (χ0v) is 24.4. The number of carbonyl (C=O) groups excluding carboxylic acids is 1. The fourth-order valence-corrected chi connectivity index (χ4v) is 6.80. The molecular formula is C31H33ClN4O3S. The van der Waals surface area contributed by atoms with Crippen molar-refractivity contribution >= 4 is 33.2 Å². The molecule has 0 spiro atoms. The molecule has 1 aromatic heterocycles. The number of halogens is 1. The van der Waals surface area contributed by atoms with E-state index in [9.17, 15) is 13.2 Å². The van der Waals surface area contributed by atoms with Gasteiger partial charge in [0.2, 0.25) is 15.9 Å². The lowest BCUT2D eigenvalue weighted by molar-refractivity contribution is -0.119. The van der Waals surface area contributed by atoms with Crippen LogP contribution in [0.15, 0.2) is 90.1 Å². The average Bonchev–Trinajstić information content (AvgIpc) is 3.52. The molecule has 0 fully saturated rings. The van der Waals surface area contributed by atoms with E-state index in [1.165, 1.54) is 12.1 Å². The molecule has 0 unspecified atom stereocenters. The largest absolute Gasteiger partial charge is 0.337 e. The van der Waals surface area contributed by atoms with Gasteiger partial charge < -0.3 is 9.47 Å². The van der Waals surface area contributed by atoms with Gasteiger partial charge >= 0.3 is 0 Å². The second-order valence-corrected chi connectivity index (χ2v) is 13.1. The van der Waals surface area contributed by atoms with Crippen molar-refractivity contribution in [3.05, 3.63) is 113 Å². The Labute approximate surface area is 240 Å². The standard InChI is InChI=1S/C31H33ClN4O3S/c1-31(2,23-8-5-4-6-9-23)20-30(37)36(21-29-33-16-17-35(29)3)25-14-12-22-13-15-28(27(22)19-25)34-40(38,39)26-11-7-10-24(32)18-26/h4-12,14,16-19,28,34H,13,15,20-21H2,1-3H3/t28-/m1/s1. The maximum Gasteiger partial charge on any atom is 0.241 e. The number of nitrogens with one attached hydrogen (secondary N) is 1.